The van der Waals surface area contributed by atoms with Crippen molar-refractivity contribution in [2.75, 3.05) is 65.4 Å². The normalized spacial score (nSPS) is 15.2. The molecule has 0 unspecified atom stereocenters. The van der Waals surface area contributed by atoms with E-state index in [0.717, 1.165) is 76.6 Å². The minimum Gasteiger partial charge on any atom is -1.00 e. The third-order valence-electron chi connectivity index (χ3n) is 12.8. The number of carbonyl (C=O) groups excluding carboxylic acids is 2. The Labute approximate surface area is 395 Å². The lowest BCUT2D eigenvalue weighted by Gasteiger charge is -2.45. The van der Waals surface area contributed by atoms with Crippen molar-refractivity contribution in [1.82, 2.24) is 9.80 Å². The maximum absolute atomic E-state index is 13.3. The van der Waals surface area contributed by atoms with Gasteiger partial charge < -0.3 is 43.6 Å². The number of hydrogen-bond acceptors (Lipinski definition) is 10. The first kappa shape index (κ1) is 52.5. The van der Waals surface area contributed by atoms with Gasteiger partial charge in [-0.2, -0.15) is 0 Å². The van der Waals surface area contributed by atoms with Crippen LogP contribution in [0.5, 0.6) is 0 Å². The molecule has 2 aliphatic rings. The lowest BCUT2D eigenvalue weighted by molar-refractivity contribution is -0.944. The molecule has 0 bridgehead atoms. The van der Waals surface area contributed by atoms with Crippen LogP contribution in [0.1, 0.15) is 83.2 Å². The summed E-state index contributed by atoms with van der Waals surface area (Å²) < 4.78 is 1.14. The third kappa shape index (κ3) is 14.2. The molecular weight excluding hydrogens is 895 g/mol. The topological polar surface area (TPSA) is 213 Å². The number of non-ortho nitro benzene ring substituents is 4. The molecule has 0 saturated carbocycles. The molecule has 20 heteroatoms. The molecule has 0 aliphatic carbocycles. The summed E-state index contributed by atoms with van der Waals surface area (Å²) in [5.41, 5.74) is 1.02. The van der Waals surface area contributed by atoms with Crippen molar-refractivity contribution < 1.29 is 63.1 Å². The summed E-state index contributed by atoms with van der Waals surface area (Å²) >= 11 is 0. The maximum Gasteiger partial charge on any atom is 0.276 e. The summed E-state index contributed by atoms with van der Waals surface area (Å²) in [4.78, 5) is 74.5. The number of amides is 2. The van der Waals surface area contributed by atoms with Gasteiger partial charge in [0.05, 0.1) is 97.3 Å². The first-order valence-corrected chi connectivity index (χ1v) is 22.0. The molecule has 2 heterocycles. The number of rotatable bonds is 21. The number of benzene rings is 4. The molecule has 0 aromatic heterocycles. The number of nitrogens with zero attached hydrogens (tertiary/aromatic N) is 8. The van der Waals surface area contributed by atoms with Crippen LogP contribution in [0.25, 0.3) is 0 Å². The van der Waals surface area contributed by atoms with Gasteiger partial charge in [-0.3, -0.25) is 50.0 Å². The van der Waals surface area contributed by atoms with Crippen molar-refractivity contribution >= 4 is 34.6 Å². The van der Waals surface area contributed by atoms with Crippen LogP contribution in [-0.2, 0) is 13.1 Å². The van der Waals surface area contributed by atoms with Gasteiger partial charge in [-0.1, -0.05) is 62.1 Å². The highest BCUT2D eigenvalue weighted by atomic mass is 35.5. The first-order chi connectivity index (χ1) is 30.8. The number of halogens is 2. The molecule has 2 fully saturated rings. The molecule has 0 spiro atoms. The predicted molar refractivity (Wildman–Crippen MR) is 238 cm³/mol. The number of carbonyl (C=O) groups is 2. The van der Waals surface area contributed by atoms with Gasteiger partial charge >= 0.3 is 0 Å². The van der Waals surface area contributed by atoms with Gasteiger partial charge in [0, 0.05) is 46.5 Å². The zero-order chi connectivity index (χ0) is 45.7. The summed E-state index contributed by atoms with van der Waals surface area (Å²) in [6.07, 6.45) is 7.81. The molecule has 0 N–H and O–H groups in total. The van der Waals surface area contributed by atoms with Crippen molar-refractivity contribution in [2.24, 2.45) is 0 Å². The second kappa shape index (κ2) is 24.4. The van der Waals surface area contributed by atoms with E-state index >= 15 is 0 Å². The second-order valence-corrected chi connectivity index (χ2v) is 17.2. The quantitative estimate of drug-likeness (QED) is 0.0514. The van der Waals surface area contributed by atoms with Crippen molar-refractivity contribution in [1.29, 1.82) is 0 Å². The predicted octanol–water partition coefficient (Wildman–Crippen LogP) is 2.09. The fourth-order valence-electron chi connectivity index (χ4n) is 9.28. The number of quaternary nitrogens is 2. The minimum atomic E-state index is -0.607. The third-order valence-corrected chi connectivity index (χ3v) is 12.8. The molecule has 4 aromatic rings. The van der Waals surface area contributed by atoms with Gasteiger partial charge in [-0.15, -0.1) is 0 Å². The Hall–Kier alpha value is -6.08. The summed E-state index contributed by atoms with van der Waals surface area (Å²) in [6.45, 7) is 6.79. The lowest BCUT2D eigenvalue weighted by atomic mass is 10.0. The van der Waals surface area contributed by atoms with Gasteiger partial charge in [-0.05, 0) is 49.9 Å². The SMILES string of the molecule is O=C(c1ccccc1)N1CC[N+](CCCCCCCCCC[N+]2(Cc3cc([N+](=O)[O-])cc([N+](=O)[O-])c3)CCN(C(=O)c3ccccc3)CC2)(Cc2cc([N+](=O)[O-])cc([N+](=O)[O-])c2)CC1.[Cl-].[Cl-]. The number of hydrogen-bond donors (Lipinski definition) is 0. The fraction of sp³-hybridized carbons (Fsp3) is 0.435. The number of nitro benzene ring substituents is 4. The molecule has 2 saturated heterocycles. The molecule has 354 valence electrons. The second-order valence-electron chi connectivity index (χ2n) is 17.2. The minimum absolute atomic E-state index is 0. The van der Waals surface area contributed by atoms with Gasteiger partial charge in [0.25, 0.3) is 34.6 Å². The van der Waals surface area contributed by atoms with Crippen molar-refractivity contribution in [3.05, 3.63) is 160 Å². The Kier molecular flexibility index (Phi) is 19.5. The van der Waals surface area contributed by atoms with E-state index in [4.69, 9.17) is 0 Å². The van der Waals surface area contributed by atoms with Crippen LogP contribution in [0.3, 0.4) is 0 Å². The smallest absolute Gasteiger partial charge is 0.276 e. The van der Waals surface area contributed by atoms with E-state index < -0.39 is 19.7 Å². The monoisotopic (exact) mass is 950 g/mol. The Balaban J connectivity index is 0.00000476. The molecule has 6 rings (SSSR count). The van der Waals surface area contributed by atoms with E-state index in [1.165, 1.54) is 24.3 Å². The largest absolute Gasteiger partial charge is 1.00 e. The molecule has 66 heavy (non-hydrogen) atoms. The van der Waals surface area contributed by atoms with Crippen LogP contribution in [0.4, 0.5) is 22.7 Å². The van der Waals surface area contributed by atoms with Gasteiger partial charge in [0.15, 0.2) is 0 Å². The highest BCUT2D eigenvalue weighted by molar-refractivity contribution is 5.94. The zero-order valence-electron chi connectivity index (χ0n) is 36.8. The fourth-order valence-corrected chi connectivity index (χ4v) is 9.28. The average Bonchev–Trinajstić information content (AvgIpc) is 3.30. The van der Waals surface area contributed by atoms with Gasteiger partial charge in [0.1, 0.15) is 13.1 Å². The Bertz CT molecular complexity index is 2080. The van der Waals surface area contributed by atoms with Gasteiger partial charge in [-0.25, -0.2) is 0 Å². The number of piperazine rings is 2. The average molecular weight is 952 g/mol. The highest BCUT2D eigenvalue weighted by Gasteiger charge is 2.37. The van der Waals surface area contributed by atoms with Gasteiger partial charge in [0.2, 0.25) is 0 Å². The van der Waals surface area contributed by atoms with Crippen LogP contribution in [0.15, 0.2) is 97.1 Å². The van der Waals surface area contributed by atoms with Crippen LogP contribution >= 0.6 is 0 Å². The Morgan fingerprint density at radius 2 is 0.712 bits per heavy atom. The zero-order valence-corrected chi connectivity index (χ0v) is 38.3. The van der Waals surface area contributed by atoms with Crippen molar-refractivity contribution in [3.63, 3.8) is 0 Å². The van der Waals surface area contributed by atoms with E-state index in [1.807, 2.05) is 46.2 Å². The molecular formula is C46H56Cl2N8O10. The van der Waals surface area contributed by atoms with E-state index in [0.29, 0.717) is 96.7 Å². The summed E-state index contributed by atoms with van der Waals surface area (Å²) in [5, 5.41) is 46.7. The maximum atomic E-state index is 13.3. The van der Waals surface area contributed by atoms with Crippen LogP contribution < -0.4 is 24.8 Å². The molecule has 0 atom stereocenters. The first-order valence-electron chi connectivity index (χ1n) is 22.0. The van der Waals surface area contributed by atoms with E-state index in [1.54, 1.807) is 24.3 Å². The van der Waals surface area contributed by atoms with E-state index in [-0.39, 0.29) is 59.4 Å². The Morgan fingerprint density at radius 1 is 0.439 bits per heavy atom. The van der Waals surface area contributed by atoms with Crippen molar-refractivity contribution in [2.45, 2.75) is 64.5 Å². The molecule has 0 radical (unpaired) electrons. The van der Waals surface area contributed by atoms with Crippen LogP contribution in [0.2, 0.25) is 0 Å². The molecule has 2 aliphatic heterocycles. The summed E-state index contributed by atoms with van der Waals surface area (Å²) in [5.74, 6) is -0.0964. The molecule has 4 aromatic carbocycles. The highest BCUT2D eigenvalue weighted by Crippen LogP contribution is 2.30. The van der Waals surface area contributed by atoms with E-state index in [9.17, 15) is 50.0 Å². The lowest BCUT2D eigenvalue weighted by Crippen LogP contribution is -3.00. The Morgan fingerprint density at radius 3 is 0.985 bits per heavy atom. The standard InChI is InChI=1S/C46H56N8O10.2ClH/c55-45(39-15-9-7-10-16-39)47-19-25-53(26-20-47,35-37-29-41(49(57)58)33-42(30-37)50(59)60)23-13-5-3-1-2-4-6-14-24-54(36-38-31-43(51(61)62)34-44(32-38)52(63)64)27-21-48(22-28-54)46(56)40-17-11-8-12-18-40;;/h7-12,15-18,29-34H,1-6,13-14,19-28,35-36H2;2*1H/q+2;;/p-2. The van der Waals surface area contributed by atoms with Crippen LogP contribution in [0, 0.1) is 40.5 Å². The summed E-state index contributed by atoms with van der Waals surface area (Å²) in [7, 11) is 0. The van der Waals surface area contributed by atoms with Crippen LogP contribution in [-0.4, -0.2) is 116 Å². The van der Waals surface area contributed by atoms with Crippen molar-refractivity contribution in [3.8, 4) is 0 Å². The van der Waals surface area contributed by atoms with E-state index in [2.05, 4.69) is 0 Å². The number of unbranched alkanes of at least 4 members (excludes halogenated alkanes) is 7. The summed E-state index contributed by atoms with van der Waals surface area (Å²) in [6, 6.07) is 25.8. The molecule has 2 amide bonds. The number of nitro groups is 4. The molecule has 18 nitrogen and oxygen atoms in total.